The first-order valence-corrected chi connectivity index (χ1v) is 6.47. The van der Waals surface area contributed by atoms with Gasteiger partial charge in [-0.25, -0.2) is 0 Å². The van der Waals surface area contributed by atoms with Crippen molar-refractivity contribution < 1.29 is 4.52 Å². The molecule has 2 N–H and O–H groups in total. The molecule has 1 fully saturated rings. The molecule has 1 aromatic heterocycles. The summed E-state index contributed by atoms with van der Waals surface area (Å²) in [6.07, 6.45) is 0. The molecule has 2 heterocycles. The third kappa shape index (κ3) is 2.71. The number of aromatic nitrogens is 2. The van der Waals surface area contributed by atoms with Crippen LogP contribution in [0.5, 0.6) is 0 Å². The first-order chi connectivity index (χ1) is 8.49. The lowest BCUT2D eigenvalue weighted by Crippen LogP contribution is -2.45. The van der Waals surface area contributed by atoms with Gasteiger partial charge in [0.25, 0.3) is 0 Å². The highest BCUT2D eigenvalue weighted by atomic mass is 16.5. The predicted molar refractivity (Wildman–Crippen MR) is 69.2 cm³/mol. The molecule has 1 aliphatic heterocycles. The van der Waals surface area contributed by atoms with Gasteiger partial charge in [-0.1, -0.05) is 12.1 Å². The standard InChI is InChI=1S/C12H23N5O/c1-8(9(2)13)12-14-11(15-18-12)10-7-16(3)5-6-17(10)4/h8-10H,5-7,13H2,1-4H3. The SMILES string of the molecule is CC(N)C(C)c1nc(C2CN(C)CCN2C)no1. The van der Waals surface area contributed by atoms with Crippen LogP contribution in [-0.2, 0) is 0 Å². The highest BCUT2D eigenvalue weighted by Crippen LogP contribution is 2.23. The highest BCUT2D eigenvalue weighted by Gasteiger charge is 2.29. The Morgan fingerprint density at radius 3 is 2.72 bits per heavy atom. The van der Waals surface area contributed by atoms with E-state index in [-0.39, 0.29) is 18.0 Å². The summed E-state index contributed by atoms with van der Waals surface area (Å²) in [5.74, 6) is 1.51. The fourth-order valence-corrected chi connectivity index (χ4v) is 2.08. The van der Waals surface area contributed by atoms with E-state index in [2.05, 4.69) is 34.0 Å². The van der Waals surface area contributed by atoms with E-state index in [4.69, 9.17) is 10.3 Å². The van der Waals surface area contributed by atoms with Crippen molar-refractivity contribution in [3.05, 3.63) is 11.7 Å². The van der Waals surface area contributed by atoms with Gasteiger partial charge >= 0.3 is 0 Å². The minimum atomic E-state index is 0.0186. The molecule has 0 aromatic carbocycles. The van der Waals surface area contributed by atoms with Crippen molar-refractivity contribution in [1.82, 2.24) is 19.9 Å². The lowest BCUT2D eigenvalue weighted by atomic mass is 10.1. The Bertz CT molecular complexity index is 392. The molecule has 0 amide bonds. The topological polar surface area (TPSA) is 71.4 Å². The number of nitrogens with two attached hydrogens (primary N) is 1. The summed E-state index contributed by atoms with van der Waals surface area (Å²) in [7, 11) is 4.22. The maximum absolute atomic E-state index is 5.86. The van der Waals surface area contributed by atoms with Crippen LogP contribution in [-0.4, -0.2) is 59.7 Å². The zero-order valence-corrected chi connectivity index (χ0v) is 11.6. The van der Waals surface area contributed by atoms with E-state index >= 15 is 0 Å². The molecule has 102 valence electrons. The lowest BCUT2D eigenvalue weighted by Gasteiger charge is -2.35. The van der Waals surface area contributed by atoms with Crippen LogP contribution in [0.2, 0.25) is 0 Å². The van der Waals surface area contributed by atoms with Crippen LogP contribution in [0, 0.1) is 0 Å². The molecule has 2 rings (SSSR count). The molecule has 0 bridgehead atoms. The van der Waals surface area contributed by atoms with E-state index in [0.717, 1.165) is 25.5 Å². The van der Waals surface area contributed by atoms with Crippen molar-refractivity contribution in [3.63, 3.8) is 0 Å². The van der Waals surface area contributed by atoms with Gasteiger partial charge in [0.2, 0.25) is 5.89 Å². The fourth-order valence-electron chi connectivity index (χ4n) is 2.08. The summed E-state index contributed by atoms with van der Waals surface area (Å²) in [6, 6.07) is 0.228. The van der Waals surface area contributed by atoms with Crippen LogP contribution in [0.4, 0.5) is 0 Å². The number of nitrogens with zero attached hydrogens (tertiary/aromatic N) is 4. The highest BCUT2D eigenvalue weighted by molar-refractivity contribution is 5.01. The minimum absolute atomic E-state index is 0.0186. The predicted octanol–water partition coefficient (Wildman–Crippen LogP) is 0.439. The average Bonchev–Trinajstić information content (AvgIpc) is 2.80. The molecule has 6 heteroatoms. The van der Waals surface area contributed by atoms with Gasteiger partial charge in [0, 0.05) is 25.7 Å². The Morgan fingerprint density at radius 2 is 2.06 bits per heavy atom. The van der Waals surface area contributed by atoms with Gasteiger partial charge in [0.05, 0.1) is 12.0 Å². The molecule has 0 radical (unpaired) electrons. The van der Waals surface area contributed by atoms with Crippen molar-refractivity contribution in [2.24, 2.45) is 5.73 Å². The zero-order chi connectivity index (χ0) is 13.3. The molecule has 0 aliphatic carbocycles. The van der Waals surface area contributed by atoms with E-state index in [9.17, 15) is 0 Å². The zero-order valence-electron chi connectivity index (χ0n) is 11.6. The Morgan fingerprint density at radius 1 is 1.33 bits per heavy atom. The Kier molecular flexibility index (Phi) is 3.99. The van der Waals surface area contributed by atoms with Crippen LogP contribution >= 0.6 is 0 Å². The van der Waals surface area contributed by atoms with Gasteiger partial charge in [-0.15, -0.1) is 0 Å². The second-order valence-corrected chi connectivity index (χ2v) is 5.40. The van der Waals surface area contributed by atoms with Crippen LogP contribution in [0.25, 0.3) is 0 Å². The normalized spacial score (nSPS) is 26.2. The van der Waals surface area contributed by atoms with Gasteiger partial charge in [-0.05, 0) is 21.0 Å². The number of rotatable bonds is 3. The van der Waals surface area contributed by atoms with Crippen molar-refractivity contribution in [3.8, 4) is 0 Å². The maximum Gasteiger partial charge on any atom is 0.231 e. The average molecular weight is 253 g/mol. The molecule has 0 spiro atoms. The molecule has 18 heavy (non-hydrogen) atoms. The first-order valence-electron chi connectivity index (χ1n) is 6.47. The van der Waals surface area contributed by atoms with Crippen molar-refractivity contribution >= 4 is 0 Å². The summed E-state index contributed by atoms with van der Waals surface area (Å²) in [4.78, 5) is 9.07. The monoisotopic (exact) mass is 253 g/mol. The smallest absolute Gasteiger partial charge is 0.231 e. The van der Waals surface area contributed by atoms with Gasteiger partial charge in [-0.2, -0.15) is 4.98 Å². The third-order valence-corrected chi connectivity index (χ3v) is 3.78. The second kappa shape index (κ2) is 5.34. The summed E-state index contributed by atoms with van der Waals surface area (Å²) in [5.41, 5.74) is 5.86. The molecular formula is C12H23N5O. The molecule has 3 unspecified atom stereocenters. The first kappa shape index (κ1) is 13.5. The van der Waals surface area contributed by atoms with E-state index in [1.165, 1.54) is 0 Å². The third-order valence-electron chi connectivity index (χ3n) is 3.78. The van der Waals surface area contributed by atoms with E-state index in [1.807, 2.05) is 13.8 Å². The van der Waals surface area contributed by atoms with Crippen LogP contribution in [0.3, 0.4) is 0 Å². The Hall–Kier alpha value is -0.980. The number of hydrogen-bond acceptors (Lipinski definition) is 6. The molecule has 0 saturated carbocycles. The summed E-state index contributed by atoms with van der Waals surface area (Å²) in [5, 5.41) is 4.12. The maximum atomic E-state index is 5.86. The summed E-state index contributed by atoms with van der Waals surface area (Å²) in [6.45, 7) is 7.00. The number of hydrogen-bond donors (Lipinski definition) is 1. The van der Waals surface area contributed by atoms with Crippen LogP contribution in [0.15, 0.2) is 4.52 Å². The van der Waals surface area contributed by atoms with Gasteiger partial charge in [0.15, 0.2) is 5.82 Å². The van der Waals surface area contributed by atoms with E-state index in [0.29, 0.717) is 5.89 Å². The van der Waals surface area contributed by atoms with Crippen LogP contribution < -0.4 is 5.73 Å². The van der Waals surface area contributed by atoms with Gasteiger partial charge in [-0.3, -0.25) is 4.90 Å². The quantitative estimate of drug-likeness (QED) is 0.842. The lowest BCUT2D eigenvalue weighted by molar-refractivity contribution is 0.108. The van der Waals surface area contributed by atoms with Gasteiger partial charge < -0.3 is 15.2 Å². The molecule has 1 aliphatic rings. The van der Waals surface area contributed by atoms with Crippen molar-refractivity contribution in [2.45, 2.75) is 31.8 Å². The summed E-state index contributed by atoms with van der Waals surface area (Å²) >= 11 is 0. The Balaban J connectivity index is 2.13. The van der Waals surface area contributed by atoms with Crippen molar-refractivity contribution in [1.29, 1.82) is 0 Å². The van der Waals surface area contributed by atoms with Crippen molar-refractivity contribution in [2.75, 3.05) is 33.7 Å². The number of likely N-dealkylation sites (N-methyl/N-ethyl adjacent to an activating group) is 2. The number of piperazine rings is 1. The van der Waals surface area contributed by atoms with Crippen LogP contribution in [0.1, 0.15) is 37.5 Å². The molecule has 3 atom stereocenters. The molecule has 6 nitrogen and oxygen atoms in total. The van der Waals surface area contributed by atoms with E-state index in [1.54, 1.807) is 0 Å². The summed E-state index contributed by atoms with van der Waals surface area (Å²) < 4.78 is 5.34. The fraction of sp³-hybridized carbons (Fsp3) is 0.833. The molecule has 1 saturated heterocycles. The Labute approximate surface area is 108 Å². The molecular weight excluding hydrogens is 230 g/mol. The molecule has 1 aromatic rings. The second-order valence-electron chi connectivity index (χ2n) is 5.40. The minimum Gasteiger partial charge on any atom is -0.339 e. The van der Waals surface area contributed by atoms with Gasteiger partial charge in [0.1, 0.15) is 0 Å². The largest absolute Gasteiger partial charge is 0.339 e. The van der Waals surface area contributed by atoms with E-state index < -0.39 is 0 Å².